The number of allylic oxidation sites excluding steroid dienone is 2. The summed E-state index contributed by atoms with van der Waals surface area (Å²) in [6.07, 6.45) is 5.94. The molecular formula is C42H53N3O7. The van der Waals surface area contributed by atoms with Crippen LogP contribution in [0.2, 0.25) is 0 Å². The number of amides is 3. The van der Waals surface area contributed by atoms with Gasteiger partial charge in [-0.25, -0.2) is 4.79 Å². The maximum Gasteiger partial charge on any atom is 0.407 e. The Balaban J connectivity index is 1.58. The van der Waals surface area contributed by atoms with E-state index in [2.05, 4.69) is 29.1 Å². The number of aliphatic hydroxyl groups excluding tert-OH is 1. The fraction of sp³-hybridized carbons (Fsp3) is 0.381. The maximum absolute atomic E-state index is 13.6. The number of benzene rings is 3. The van der Waals surface area contributed by atoms with Crippen molar-refractivity contribution in [2.24, 2.45) is 11.8 Å². The average Bonchev–Trinajstić information content (AvgIpc) is 3.16. The largest absolute Gasteiger partial charge is 0.463 e. The van der Waals surface area contributed by atoms with Crippen molar-refractivity contribution in [1.29, 1.82) is 0 Å². The second kappa shape index (κ2) is 24.1. The zero-order chi connectivity index (χ0) is 37.4. The molecule has 3 rings (SSSR count). The number of nitrogens with one attached hydrogen (secondary N) is 3. The van der Waals surface area contributed by atoms with Crippen molar-refractivity contribution in [2.45, 2.75) is 70.1 Å². The SMILES string of the molecule is C=CCC(CC(=O)NC(CO)Cc1ccccc1)C(=O)NC(CCCCNC(=O)OCc1ccccc1)COC(=O)C(CC=C)Cc1ccccc1. The predicted molar refractivity (Wildman–Crippen MR) is 202 cm³/mol. The van der Waals surface area contributed by atoms with Crippen LogP contribution in [0.1, 0.15) is 55.2 Å². The van der Waals surface area contributed by atoms with E-state index in [-0.39, 0.29) is 50.4 Å². The Morgan fingerprint density at radius 2 is 1.27 bits per heavy atom. The fourth-order valence-electron chi connectivity index (χ4n) is 5.71. The first kappa shape index (κ1) is 41.2. The van der Waals surface area contributed by atoms with Crippen LogP contribution in [0.25, 0.3) is 0 Å². The van der Waals surface area contributed by atoms with E-state index in [4.69, 9.17) is 9.47 Å². The summed E-state index contributed by atoms with van der Waals surface area (Å²) in [6, 6.07) is 27.5. The third kappa shape index (κ3) is 16.2. The Morgan fingerprint density at radius 1 is 0.692 bits per heavy atom. The summed E-state index contributed by atoms with van der Waals surface area (Å²) >= 11 is 0. The molecule has 0 aliphatic heterocycles. The number of aliphatic hydroxyl groups is 1. The molecule has 0 bridgehead atoms. The minimum atomic E-state index is -0.723. The second-order valence-corrected chi connectivity index (χ2v) is 12.8. The molecule has 0 radical (unpaired) electrons. The number of rotatable bonds is 24. The molecule has 0 aliphatic carbocycles. The molecule has 278 valence electrons. The van der Waals surface area contributed by atoms with Crippen molar-refractivity contribution in [3.8, 4) is 0 Å². The first-order chi connectivity index (χ1) is 25.3. The highest BCUT2D eigenvalue weighted by molar-refractivity contribution is 5.86. The van der Waals surface area contributed by atoms with Crippen LogP contribution in [-0.2, 0) is 43.3 Å². The van der Waals surface area contributed by atoms with Crippen LogP contribution in [0.15, 0.2) is 116 Å². The molecule has 0 saturated carbocycles. The smallest absolute Gasteiger partial charge is 0.407 e. The van der Waals surface area contributed by atoms with Gasteiger partial charge in [0.2, 0.25) is 11.8 Å². The zero-order valence-corrected chi connectivity index (χ0v) is 29.9. The first-order valence-corrected chi connectivity index (χ1v) is 17.9. The second-order valence-electron chi connectivity index (χ2n) is 12.8. The van der Waals surface area contributed by atoms with Gasteiger partial charge in [0.15, 0.2) is 0 Å². The molecule has 4 unspecified atom stereocenters. The Bertz CT molecular complexity index is 1520. The molecular weight excluding hydrogens is 658 g/mol. The number of hydrogen-bond acceptors (Lipinski definition) is 7. The number of hydrogen-bond donors (Lipinski definition) is 4. The Labute approximate surface area is 307 Å². The van der Waals surface area contributed by atoms with E-state index in [0.29, 0.717) is 45.1 Å². The fourth-order valence-corrected chi connectivity index (χ4v) is 5.71. The molecule has 3 amide bonds. The van der Waals surface area contributed by atoms with Crippen LogP contribution >= 0.6 is 0 Å². The molecule has 10 nitrogen and oxygen atoms in total. The molecule has 0 aromatic heterocycles. The molecule has 10 heteroatoms. The van der Waals surface area contributed by atoms with E-state index in [0.717, 1.165) is 16.7 Å². The third-order valence-electron chi connectivity index (χ3n) is 8.51. The molecule has 3 aromatic rings. The van der Waals surface area contributed by atoms with E-state index in [9.17, 15) is 24.3 Å². The van der Waals surface area contributed by atoms with Gasteiger partial charge in [-0.05, 0) is 61.6 Å². The van der Waals surface area contributed by atoms with E-state index in [1.165, 1.54) is 0 Å². The standard InChI is InChI=1S/C42H53N3O7/c1-3-16-35(28-39(47)44-38(29-46)27-33-20-10-6-11-21-33)40(48)45-37(24-14-15-25-43-42(50)52-30-34-22-12-7-13-23-34)31-51-41(49)36(17-4-2)26-32-18-8-5-9-19-32/h3-13,18-23,35-38,46H,1-2,14-17,24-31H2,(H,43,50)(H,44,47)(H,45,48). The number of unbranched alkanes of at least 4 members (excludes halogenated alkanes) is 1. The van der Waals surface area contributed by atoms with Crippen LogP contribution in [0.4, 0.5) is 4.79 Å². The lowest BCUT2D eigenvalue weighted by atomic mass is 9.96. The van der Waals surface area contributed by atoms with Gasteiger partial charge < -0.3 is 30.5 Å². The van der Waals surface area contributed by atoms with E-state index >= 15 is 0 Å². The molecule has 3 aromatic carbocycles. The van der Waals surface area contributed by atoms with Crippen LogP contribution < -0.4 is 16.0 Å². The minimum Gasteiger partial charge on any atom is -0.463 e. The lowest BCUT2D eigenvalue weighted by Gasteiger charge is -2.24. The number of ether oxygens (including phenoxy) is 2. The van der Waals surface area contributed by atoms with Crippen LogP contribution in [0.5, 0.6) is 0 Å². The van der Waals surface area contributed by atoms with Crippen LogP contribution in [0.3, 0.4) is 0 Å². The van der Waals surface area contributed by atoms with E-state index < -0.39 is 30.0 Å². The highest BCUT2D eigenvalue weighted by Gasteiger charge is 2.26. The number of esters is 1. The lowest BCUT2D eigenvalue weighted by molar-refractivity contribution is -0.150. The van der Waals surface area contributed by atoms with Gasteiger partial charge in [0.25, 0.3) is 0 Å². The van der Waals surface area contributed by atoms with Crippen molar-refractivity contribution in [2.75, 3.05) is 19.8 Å². The van der Waals surface area contributed by atoms with E-state index in [1.54, 1.807) is 12.2 Å². The summed E-state index contributed by atoms with van der Waals surface area (Å²) in [5.74, 6) is -2.27. The Hall–Kier alpha value is -5.22. The normalized spacial score (nSPS) is 13.0. The summed E-state index contributed by atoms with van der Waals surface area (Å²) in [4.78, 5) is 52.1. The molecule has 0 fully saturated rings. The van der Waals surface area contributed by atoms with Crippen molar-refractivity contribution in [3.05, 3.63) is 133 Å². The molecule has 0 heterocycles. The van der Waals surface area contributed by atoms with Crippen molar-refractivity contribution in [1.82, 2.24) is 16.0 Å². The van der Waals surface area contributed by atoms with Gasteiger partial charge in [-0.2, -0.15) is 0 Å². The zero-order valence-electron chi connectivity index (χ0n) is 29.9. The van der Waals surface area contributed by atoms with Gasteiger partial charge in [-0.15, -0.1) is 13.2 Å². The van der Waals surface area contributed by atoms with Crippen molar-refractivity contribution < 1.29 is 33.8 Å². The van der Waals surface area contributed by atoms with Crippen LogP contribution in [-0.4, -0.2) is 60.8 Å². The molecule has 0 aliphatic rings. The Morgan fingerprint density at radius 3 is 1.87 bits per heavy atom. The highest BCUT2D eigenvalue weighted by Crippen LogP contribution is 2.17. The van der Waals surface area contributed by atoms with Gasteiger partial charge in [-0.3, -0.25) is 14.4 Å². The predicted octanol–water partition coefficient (Wildman–Crippen LogP) is 5.85. The third-order valence-corrected chi connectivity index (χ3v) is 8.51. The quantitative estimate of drug-likeness (QED) is 0.0519. The van der Waals surface area contributed by atoms with Gasteiger partial charge in [0.05, 0.1) is 30.5 Å². The number of carbonyl (C=O) groups excluding carboxylic acids is 4. The maximum atomic E-state index is 13.6. The number of carbonyl (C=O) groups is 4. The van der Waals surface area contributed by atoms with Crippen molar-refractivity contribution >= 4 is 23.9 Å². The molecule has 4 atom stereocenters. The molecule has 0 saturated heterocycles. The summed E-state index contributed by atoms with van der Waals surface area (Å²) < 4.78 is 11.1. The summed E-state index contributed by atoms with van der Waals surface area (Å²) in [7, 11) is 0. The summed E-state index contributed by atoms with van der Waals surface area (Å²) in [6.45, 7) is 7.80. The van der Waals surface area contributed by atoms with Gasteiger partial charge in [-0.1, -0.05) is 103 Å². The summed E-state index contributed by atoms with van der Waals surface area (Å²) in [5.41, 5.74) is 2.86. The van der Waals surface area contributed by atoms with Gasteiger partial charge in [0, 0.05) is 13.0 Å². The molecule has 52 heavy (non-hydrogen) atoms. The molecule has 0 spiro atoms. The van der Waals surface area contributed by atoms with Gasteiger partial charge in [0.1, 0.15) is 13.2 Å². The van der Waals surface area contributed by atoms with Gasteiger partial charge >= 0.3 is 12.1 Å². The van der Waals surface area contributed by atoms with Crippen LogP contribution in [0, 0.1) is 11.8 Å². The van der Waals surface area contributed by atoms with E-state index in [1.807, 2.05) is 91.0 Å². The Kier molecular flexibility index (Phi) is 19.1. The summed E-state index contributed by atoms with van der Waals surface area (Å²) in [5, 5.41) is 18.5. The monoisotopic (exact) mass is 711 g/mol. The lowest BCUT2D eigenvalue weighted by Crippen LogP contribution is -2.45. The minimum absolute atomic E-state index is 0.0593. The topological polar surface area (TPSA) is 143 Å². The number of alkyl carbamates (subject to hydrolysis) is 1. The average molecular weight is 712 g/mol. The van der Waals surface area contributed by atoms with Crippen molar-refractivity contribution in [3.63, 3.8) is 0 Å². The molecule has 4 N–H and O–H groups in total. The highest BCUT2D eigenvalue weighted by atomic mass is 16.5. The first-order valence-electron chi connectivity index (χ1n) is 17.9.